The van der Waals surface area contributed by atoms with Crippen LogP contribution in [0.3, 0.4) is 0 Å². The van der Waals surface area contributed by atoms with Crippen LogP contribution in [0, 0.1) is 13.8 Å². The van der Waals surface area contributed by atoms with Crippen molar-refractivity contribution in [2.24, 2.45) is 0 Å². The smallest absolute Gasteiger partial charge is 0.00202 e. The molecule has 0 fully saturated rings. The zero-order chi connectivity index (χ0) is 30.8. The molecular formula is C46H32. The lowest BCUT2D eigenvalue weighted by Crippen LogP contribution is -1.87. The molecule has 0 aliphatic rings. The summed E-state index contributed by atoms with van der Waals surface area (Å²) in [6.07, 6.45) is 0. The Bertz CT molecular complexity index is 2620. The van der Waals surface area contributed by atoms with Crippen LogP contribution in [0.15, 0.2) is 158 Å². The highest BCUT2D eigenvalue weighted by Crippen LogP contribution is 2.41. The summed E-state index contributed by atoms with van der Waals surface area (Å²) in [5.74, 6) is 0. The fourth-order valence-electron chi connectivity index (χ4n) is 7.90. The molecule has 0 nitrogen and oxygen atoms in total. The SMILES string of the molecule is Cc1cc2c3ccccc3c3ccccc3c2c2ccccc12.Cc1cc2c3ccccc3c3ccccc3c2c2ccccc12. The predicted molar refractivity (Wildman–Crippen MR) is 202 cm³/mol. The summed E-state index contributed by atoms with van der Waals surface area (Å²) in [6.45, 7) is 4.43. The van der Waals surface area contributed by atoms with E-state index < -0.39 is 0 Å². The molecule has 10 aromatic rings. The second kappa shape index (κ2) is 10.4. The Morgan fingerprint density at radius 1 is 0.217 bits per heavy atom. The van der Waals surface area contributed by atoms with Gasteiger partial charge in [-0.15, -0.1) is 0 Å². The number of aryl methyl sites for hydroxylation is 2. The Morgan fingerprint density at radius 3 is 0.717 bits per heavy atom. The second-order valence-electron chi connectivity index (χ2n) is 12.5. The summed E-state index contributed by atoms with van der Waals surface area (Å²) in [7, 11) is 0. The van der Waals surface area contributed by atoms with E-state index in [-0.39, 0.29) is 0 Å². The van der Waals surface area contributed by atoms with Crippen molar-refractivity contribution in [1.29, 1.82) is 0 Å². The van der Waals surface area contributed by atoms with Gasteiger partial charge in [0.25, 0.3) is 0 Å². The van der Waals surface area contributed by atoms with Crippen LogP contribution in [0.4, 0.5) is 0 Å². The van der Waals surface area contributed by atoms with E-state index in [9.17, 15) is 0 Å². The van der Waals surface area contributed by atoms with Crippen LogP contribution >= 0.6 is 0 Å². The van der Waals surface area contributed by atoms with Gasteiger partial charge in [0.1, 0.15) is 0 Å². The molecule has 0 saturated heterocycles. The van der Waals surface area contributed by atoms with E-state index in [1.807, 2.05) is 0 Å². The molecule has 0 amide bonds. The van der Waals surface area contributed by atoms with Crippen LogP contribution in [0.1, 0.15) is 11.1 Å². The van der Waals surface area contributed by atoms with Crippen LogP contribution < -0.4 is 0 Å². The van der Waals surface area contributed by atoms with E-state index in [1.54, 1.807) is 0 Å². The van der Waals surface area contributed by atoms with Crippen molar-refractivity contribution in [3.05, 3.63) is 169 Å². The van der Waals surface area contributed by atoms with Crippen LogP contribution in [0.25, 0.3) is 86.2 Å². The molecule has 0 unspecified atom stereocenters. The molecule has 0 spiro atoms. The first-order valence-corrected chi connectivity index (χ1v) is 16.1. The number of hydrogen-bond acceptors (Lipinski definition) is 0. The van der Waals surface area contributed by atoms with Gasteiger partial charge in [-0.3, -0.25) is 0 Å². The minimum Gasteiger partial charge on any atom is -0.0616 e. The first-order valence-electron chi connectivity index (χ1n) is 16.1. The minimum atomic E-state index is 1.34. The third-order valence-corrected chi connectivity index (χ3v) is 9.91. The lowest BCUT2D eigenvalue weighted by molar-refractivity contribution is 1.56. The van der Waals surface area contributed by atoms with Crippen LogP contribution in [-0.2, 0) is 0 Å². The van der Waals surface area contributed by atoms with Gasteiger partial charge in [0.05, 0.1) is 0 Å². The van der Waals surface area contributed by atoms with Gasteiger partial charge < -0.3 is 0 Å². The van der Waals surface area contributed by atoms with E-state index in [0.29, 0.717) is 0 Å². The average Bonchev–Trinajstić information content (AvgIpc) is 3.12. The number of fused-ring (bicyclic) bond motifs is 16. The first kappa shape index (κ1) is 26.7. The summed E-state index contributed by atoms with van der Waals surface area (Å²) < 4.78 is 0. The van der Waals surface area contributed by atoms with E-state index >= 15 is 0 Å². The molecule has 0 N–H and O–H groups in total. The van der Waals surface area contributed by atoms with Gasteiger partial charge in [0.15, 0.2) is 0 Å². The zero-order valence-electron chi connectivity index (χ0n) is 26.0. The predicted octanol–water partition coefficient (Wildman–Crippen LogP) is 13.2. The standard InChI is InChI=1S/2C23H16/c2*1-15-14-22-19-11-4-3-9-17(19)18-10-5-7-13-21(18)23(22)20-12-6-2-8-16(15)20/h2*2-14H,1H3. The molecule has 10 aromatic carbocycles. The van der Waals surface area contributed by atoms with Crippen molar-refractivity contribution in [3.8, 4) is 0 Å². The van der Waals surface area contributed by atoms with Gasteiger partial charge in [0.2, 0.25) is 0 Å². The van der Waals surface area contributed by atoms with E-state index in [4.69, 9.17) is 0 Å². The highest BCUT2D eigenvalue weighted by Gasteiger charge is 2.13. The summed E-state index contributed by atoms with van der Waals surface area (Å²) in [5, 5.41) is 21.6. The lowest BCUT2D eigenvalue weighted by atomic mass is 9.89. The molecule has 0 heteroatoms. The molecule has 0 heterocycles. The van der Waals surface area contributed by atoms with Crippen molar-refractivity contribution in [3.63, 3.8) is 0 Å². The van der Waals surface area contributed by atoms with Crippen LogP contribution in [-0.4, -0.2) is 0 Å². The van der Waals surface area contributed by atoms with Gasteiger partial charge in [0, 0.05) is 0 Å². The van der Waals surface area contributed by atoms with E-state index in [0.717, 1.165) is 0 Å². The summed E-state index contributed by atoms with van der Waals surface area (Å²) >= 11 is 0. The molecule has 0 bridgehead atoms. The Hall–Kier alpha value is -5.72. The molecule has 0 radical (unpaired) electrons. The Balaban J connectivity index is 0.000000127. The number of benzene rings is 10. The number of rotatable bonds is 0. The van der Waals surface area contributed by atoms with Gasteiger partial charge in [-0.25, -0.2) is 0 Å². The molecular weight excluding hydrogens is 553 g/mol. The van der Waals surface area contributed by atoms with Crippen molar-refractivity contribution >= 4 is 86.2 Å². The fraction of sp³-hybridized carbons (Fsp3) is 0.0435. The van der Waals surface area contributed by atoms with Gasteiger partial charge in [-0.05, 0) is 111 Å². The quantitative estimate of drug-likeness (QED) is 0.156. The lowest BCUT2D eigenvalue weighted by Gasteiger charge is -2.14. The van der Waals surface area contributed by atoms with Gasteiger partial charge in [-0.2, -0.15) is 0 Å². The summed E-state index contributed by atoms with van der Waals surface area (Å²) in [4.78, 5) is 0. The maximum atomic E-state index is 2.35. The van der Waals surface area contributed by atoms with Gasteiger partial charge >= 0.3 is 0 Å². The van der Waals surface area contributed by atoms with E-state index in [2.05, 4.69) is 172 Å². The summed E-state index contributed by atoms with van der Waals surface area (Å²) in [5.41, 5.74) is 2.68. The Kier molecular flexibility index (Phi) is 6.05. The third kappa shape index (κ3) is 3.93. The monoisotopic (exact) mass is 584 g/mol. The zero-order valence-corrected chi connectivity index (χ0v) is 26.0. The molecule has 0 atom stereocenters. The van der Waals surface area contributed by atoms with E-state index in [1.165, 1.54) is 97.3 Å². The second-order valence-corrected chi connectivity index (χ2v) is 12.5. The normalized spacial score (nSPS) is 11.7. The average molecular weight is 585 g/mol. The van der Waals surface area contributed by atoms with Gasteiger partial charge in [-0.1, -0.05) is 158 Å². The summed E-state index contributed by atoms with van der Waals surface area (Å²) in [6, 6.07) is 57.3. The molecule has 46 heavy (non-hydrogen) atoms. The molecule has 10 rings (SSSR count). The molecule has 0 aliphatic heterocycles. The highest BCUT2D eigenvalue weighted by molar-refractivity contribution is 6.33. The maximum Gasteiger partial charge on any atom is -0.00202 e. The van der Waals surface area contributed by atoms with Crippen LogP contribution in [0.5, 0.6) is 0 Å². The van der Waals surface area contributed by atoms with Crippen LogP contribution in [0.2, 0.25) is 0 Å². The minimum absolute atomic E-state index is 1.34. The van der Waals surface area contributed by atoms with Crippen molar-refractivity contribution in [1.82, 2.24) is 0 Å². The highest BCUT2D eigenvalue weighted by atomic mass is 14.2. The first-order chi connectivity index (χ1) is 22.7. The largest absolute Gasteiger partial charge is 0.0616 e. The topological polar surface area (TPSA) is 0 Å². The molecule has 0 aliphatic carbocycles. The van der Waals surface area contributed by atoms with Crippen molar-refractivity contribution < 1.29 is 0 Å². The molecule has 0 aromatic heterocycles. The van der Waals surface area contributed by atoms with Crippen molar-refractivity contribution in [2.45, 2.75) is 13.8 Å². The third-order valence-electron chi connectivity index (χ3n) is 9.91. The maximum absolute atomic E-state index is 2.35. The fourth-order valence-corrected chi connectivity index (χ4v) is 7.90. The van der Waals surface area contributed by atoms with Crippen molar-refractivity contribution in [2.75, 3.05) is 0 Å². The Morgan fingerprint density at radius 2 is 0.413 bits per heavy atom. The number of hydrogen-bond donors (Lipinski definition) is 0. The molecule has 0 saturated carbocycles. The molecule has 216 valence electrons. The Labute approximate surface area is 268 Å².